The molecule has 0 aromatic carbocycles. The van der Waals surface area contributed by atoms with E-state index in [-0.39, 0.29) is 11.6 Å². The summed E-state index contributed by atoms with van der Waals surface area (Å²) in [6.07, 6.45) is 4.56. The molecule has 0 amide bonds. The first-order valence-electron chi connectivity index (χ1n) is 5.39. The number of ether oxygens (including phenoxy) is 1. The van der Waals surface area contributed by atoms with E-state index in [1.165, 1.54) is 6.42 Å². The first kappa shape index (κ1) is 11.0. The van der Waals surface area contributed by atoms with Gasteiger partial charge in [0.05, 0.1) is 5.69 Å². The molecule has 2 rings (SSSR count). The zero-order chi connectivity index (χ0) is 10.9. The fraction of sp³-hybridized carbons (Fsp3) is 0.727. The Bertz CT molecular complexity index is 333. The maximum atomic E-state index is 6.19. The van der Waals surface area contributed by atoms with Crippen LogP contribution in [-0.4, -0.2) is 17.6 Å². The van der Waals surface area contributed by atoms with E-state index in [0.717, 1.165) is 30.0 Å². The van der Waals surface area contributed by atoms with Gasteiger partial charge in [0.1, 0.15) is 11.1 Å². The van der Waals surface area contributed by atoms with Gasteiger partial charge < -0.3 is 10.5 Å². The van der Waals surface area contributed by atoms with Crippen LogP contribution in [0.25, 0.3) is 0 Å². The molecule has 0 radical (unpaired) electrons. The predicted molar refractivity (Wildman–Crippen MR) is 62.0 cm³/mol. The van der Waals surface area contributed by atoms with Crippen molar-refractivity contribution < 1.29 is 4.74 Å². The zero-order valence-corrected chi connectivity index (χ0v) is 10.1. The molecule has 1 heterocycles. The number of aromatic nitrogens is 1. The molecule has 1 atom stereocenters. The Labute approximate surface area is 94.7 Å². The molecule has 15 heavy (non-hydrogen) atoms. The summed E-state index contributed by atoms with van der Waals surface area (Å²) in [6, 6.07) is 0. The predicted octanol–water partition coefficient (Wildman–Crippen LogP) is 2.27. The van der Waals surface area contributed by atoms with Crippen molar-refractivity contribution in [2.75, 3.05) is 7.11 Å². The van der Waals surface area contributed by atoms with Gasteiger partial charge in [0, 0.05) is 24.4 Å². The van der Waals surface area contributed by atoms with Crippen LogP contribution in [0.2, 0.25) is 0 Å². The second-order valence-electron chi connectivity index (χ2n) is 4.45. The summed E-state index contributed by atoms with van der Waals surface area (Å²) in [4.78, 5) is 4.56. The van der Waals surface area contributed by atoms with Crippen LogP contribution in [0.1, 0.15) is 43.0 Å². The normalized spacial score (nSPS) is 21.0. The molecule has 1 aliphatic rings. The van der Waals surface area contributed by atoms with E-state index in [1.54, 1.807) is 18.4 Å². The number of rotatable bonds is 4. The topological polar surface area (TPSA) is 48.1 Å². The molecule has 1 aliphatic carbocycles. The van der Waals surface area contributed by atoms with Crippen LogP contribution >= 0.6 is 11.3 Å². The van der Waals surface area contributed by atoms with Crippen molar-refractivity contribution >= 4 is 11.3 Å². The first-order chi connectivity index (χ1) is 7.13. The minimum absolute atomic E-state index is 0.0294. The molecule has 0 spiro atoms. The summed E-state index contributed by atoms with van der Waals surface area (Å²) in [6.45, 7) is 2.02. The largest absolute Gasteiger partial charge is 0.375 e. The van der Waals surface area contributed by atoms with Crippen molar-refractivity contribution in [3.8, 4) is 0 Å². The molecule has 1 fully saturated rings. The van der Waals surface area contributed by atoms with Gasteiger partial charge in [0.25, 0.3) is 0 Å². The third kappa shape index (κ3) is 2.38. The second kappa shape index (κ2) is 4.20. The van der Waals surface area contributed by atoms with Gasteiger partial charge in [-0.1, -0.05) is 0 Å². The second-order valence-corrected chi connectivity index (χ2v) is 5.34. The average molecular weight is 226 g/mol. The molecule has 0 bridgehead atoms. The monoisotopic (exact) mass is 226 g/mol. The number of thiazole rings is 1. The molecule has 1 unspecified atom stereocenters. The Morgan fingerprint density at radius 2 is 2.40 bits per heavy atom. The maximum Gasteiger partial charge on any atom is 0.121 e. The highest BCUT2D eigenvalue weighted by atomic mass is 32.1. The minimum atomic E-state index is 0.0294. The molecular formula is C11H18N2OS. The molecule has 0 saturated heterocycles. The Morgan fingerprint density at radius 3 is 2.93 bits per heavy atom. The fourth-order valence-electron chi connectivity index (χ4n) is 1.86. The fourth-order valence-corrected chi connectivity index (χ4v) is 2.71. The summed E-state index contributed by atoms with van der Waals surface area (Å²) in [5.74, 6) is 0. The first-order valence-corrected chi connectivity index (χ1v) is 6.27. The lowest BCUT2D eigenvalue weighted by atomic mass is 9.75. The van der Waals surface area contributed by atoms with E-state index in [0.29, 0.717) is 0 Å². The summed E-state index contributed by atoms with van der Waals surface area (Å²) in [5.41, 5.74) is 7.34. The van der Waals surface area contributed by atoms with Gasteiger partial charge >= 0.3 is 0 Å². The number of hydrogen-bond donors (Lipinski definition) is 1. The Balaban J connectivity index is 2.00. The molecule has 1 saturated carbocycles. The van der Waals surface area contributed by atoms with Crippen molar-refractivity contribution in [3.05, 3.63) is 16.1 Å². The molecule has 4 heteroatoms. The van der Waals surface area contributed by atoms with E-state index in [1.807, 2.05) is 6.92 Å². The molecule has 1 aromatic rings. The highest BCUT2D eigenvalue weighted by molar-refractivity contribution is 7.09. The Hall–Kier alpha value is -0.450. The standard InChI is InChI=1S/C11H18N2OS/c1-8(14-2)10-13-9(7-15-10)6-11(12)4-3-5-11/h7-8H,3-6,12H2,1-2H3. The van der Waals surface area contributed by atoms with Crippen molar-refractivity contribution in [3.63, 3.8) is 0 Å². The van der Waals surface area contributed by atoms with Crippen LogP contribution in [-0.2, 0) is 11.2 Å². The molecule has 3 nitrogen and oxygen atoms in total. The Morgan fingerprint density at radius 1 is 1.67 bits per heavy atom. The van der Waals surface area contributed by atoms with E-state index >= 15 is 0 Å². The highest BCUT2D eigenvalue weighted by Gasteiger charge is 2.33. The van der Waals surface area contributed by atoms with Crippen molar-refractivity contribution in [2.24, 2.45) is 5.73 Å². The van der Waals surface area contributed by atoms with E-state index < -0.39 is 0 Å². The van der Waals surface area contributed by atoms with Gasteiger partial charge in [-0.3, -0.25) is 0 Å². The zero-order valence-electron chi connectivity index (χ0n) is 9.32. The summed E-state index contributed by atoms with van der Waals surface area (Å²) in [5, 5.41) is 3.16. The quantitative estimate of drug-likeness (QED) is 0.856. The van der Waals surface area contributed by atoms with Crippen molar-refractivity contribution in [1.29, 1.82) is 0 Å². The summed E-state index contributed by atoms with van der Waals surface area (Å²) >= 11 is 1.67. The third-order valence-corrected chi connectivity index (χ3v) is 4.21. The van der Waals surface area contributed by atoms with E-state index in [4.69, 9.17) is 10.5 Å². The maximum absolute atomic E-state index is 6.19. The van der Waals surface area contributed by atoms with Crippen LogP contribution in [0, 0.1) is 0 Å². The van der Waals surface area contributed by atoms with Crippen LogP contribution in [0.5, 0.6) is 0 Å². The van der Waals surface area contributed by atoms with Gasteiger partial charge in [-0.25, -0.2) is 4.98 Å². The summed E-state index contributed by atoms with van der Waals surface area (Å²) in [7, 11) is 1.71. The van der Waals surface area contributed by atoms with Crippen LogP contribution < -0.4 is 5.73 Å². The van der Waals surface area contributed by atoms with Crippen LogP contribution in [0.4, 0.5) is 0 Å². The van der Waals surface area contributed by atoms with Crippen LogP contribution in [0.15, 0.2) is 5.38 Å². The number of methoxy groups -OCH3 is 1. The van der Waals surface area contributed by atoms with Gasteiger partial charge in [0.2, 0.25) is 0 Å². The lowest BCUT2D eigenvalue weighted by Crippen LogP contribution is -2.48. The number of nitrogens with zero attached hydrogens (tertiary/aromatic N) is 1. The Kier molecular flexibility index (Phi) is 3.09. The van der Waals surface area contributed by atoms with E-state index in [9.17, 15) is 0 Å². The SMILES string of the molecule is COC(C)c1nc(CC2(N)CCC2)cs1. The molecule has 2 N–H and O–H groups in total. The van der Waals surface area contributed by atoms with Gasteiger partial charge in [-0.15, -0.1) is 11.3 Å². The number of nitrogens with two attached hydrogens (primary N) is 1. The lowest BCUT2D eigenvalue weighted by molar-refractivity contribution is 0.119. The number of hydrogen-bond acceptors (Lipinski definition) is 4. The molecule has 0 aliphatic heterocycles. The minimum Gasteiger partial charge on any atom is -0.375 e. The smallest absolute Gasteiger partial charge is 0.121 e. The van der Waals surface area contributed by atoms with Gasteiger partial charge in [-0.05, 0) is 26.2 Å². The molecule has 84 valence electrons. The van der Waals surface area contributed by atoms with Gasteiger partial charge in [0.15, 0.2) is 0 Å². The molecule has 1 aromatic heterocycles. The van der Waals surface area contributed by atoms with E-state index in [2.05, 4.69) is 10.4 Å². The van der Waals surface area contributed by atoms with Gasteiger partial charge in [-0.2, -0.15) is 0 Å². The third-order valence-electron chi connectivity index (χ3n) is 3.15. The average Bonchev–Trinajstić information content (AvgIpc) is 2.62. The van der Waals surface area contributed by atoms with Crippen LogP contribution in [0.3, 0.4) is 0 Å². The molecular weight excluding hydrogens is 208 g/mol. The summed E-state index contributed by atoms with van der Waals surface area (Å²) < 4.78 is 5.24. The van der Waals surface area contributed by atoms with Crippen molar-refractivity contribution in [1.82, 2.24) is 4.98 Å². The highest BCUT2D eigenvalue weighted by Crippen LogP contribution is 2.33. The van der Waals surface area contributed by atoms with Crippen molar-refractivity contribution in [2.45, 2.75) is 44.2 Å². The lowest BCUT2D eigenvalue weighted by Gasteiger charge is -2.37.